The van der Waals surface area contributed by atoms with Crippen molar-refractivity contribution in [3.05, 3.63) is 118 Å². The van der Waals surface area contributed by atoms with Crippen LogP contribution in [0.3, 0.4) is 0 Å². The average molecular weight is 633 g/mol. The fraction of sp³-hybridized carbons (Fsp3) is 0.125. The Kier molecular flexibility index (Phi) is 8.09. The van der Waals surface area contributed by atoms with Crippen LogP contribution in [0.1, 0.15) is 17.5 Å². The molecule has 0 aliphatic carbocycles. The maximum Gasteiger partial charge on any atom is 0.0655 e. The summed E-state index contributed by atoms with van der Waals surface area (Å²) in [6, 6.07) is 29.6. The number of halogens is 2. The van der Waals surface area contributed by atoms with E-state index in [-0.39, 0.29) is 6.04 Å². The van der Waals surface area contributed by atoms with Crippen molar-refractivity contribution in [2.24, 2.45) is 5.73 Å². The Morgan fingerprint density at radius 3 is 2.28 bits per heavy atom. The molecule has 6 aromatic rings. The van der Waals surface area contributed by atoms with Gasteiger partial charge in [-0.25, -0.2) is 0 Å². The van der Waals surface area contributed by atoms with Crippen molar-refractivity contribution in [1.29, 1.82) is 0 Å². The monoisotopic (exact) mass is 631 g/mol. The van der Waals surface area contributed by atoms with E-state index in [9.17, 15) is 0 Å². The van der Waals surface area contributed by atoms with Gasteiger partial charge in [0.05, 0.1) is 10.5 Å². The van der Waals surface area contributed by atoms with Crippen LogP contribution >= 0.6 is 51.1 Å². The smallest absolute Gasteiger partial charge is 0.0655 e. The minimum absolute atomic E-state index is 0.0597. The zero-order chi connectivity index (χ0) is 26.8. The van der Waals surface area contributed by atoms with Gasteiger partial charge in [0, 0.05) is 58.8 Å². The molecular weight excluding hydrogens is 606 g/mol. The van der Waals surface area contributed by atoms with E-state index < -0.39 is 0 Å². The van der Waals surface area contributed by atoms with Gasteiger partial charge >= 0.3 is 0 Å². The Morgan fingerprint density at radius 2 is 1.44 bits per heavy atom. The molecule has 7 heteroatoms. The van der Waals surface area contributed by atoms with Gasteiger partial charge in [-0.3, -0.25) is 0 Å². The topological polar surface area (TPSA) is 57.6 Å². The molecule has 2 aromatic heterocycles. The number of aryl methyl sites for hydroxylation is 1. The van der Waals surface area contributed by atoms with Crippen LogP contribution in [0.2, 0.25) is 5.02 Å². The molecule has 39 heavy (non-hydrogen) atoms. The lowest BCUT2D eigenvalue weighted by molar-refractivity contribution is 0.603. The number of rotatable bonds is 9. The summed E-state index contributed by atoms with van der Waals surface area (Å²) >= 11 is 13.7. The van der Waals surface area contributed by atoms with Gasteiger partial charge in [0.1, 0.15) is 0 Å². The molecule has 0 aliphatic heterocycles. The van der Waals surface area contributed by atoms with Gasteiger partial charge in [-0.15, -0.1) is 0 Å². The number of H-pyrrole nitrogens is 2. The molecule has 196 valence electrons. The lowest BCUT2D eigenvalue weighted by atomic mass is 10.00. The summed E-state index contributed by atoms with van der Waals surface area (Å²) in [4.78, 5) is 11.6. The highest BCUT2D eigenvalue weighted by Gasteiger charge is 2.15. The largest absolute Gasteiger partial charge is 0.360 e. The third-order valence-corrected chi connectivity index (χ3v) is 10.2. The number of benzene rings is 4. The Balaban J connectivity index is 1.15. The first-order chi connectivity index (χ1) is 19.1. The fourth-order valence-electron chi connectivity index (χ4n) is 4.91. The van der Waals surface area contributed by atoms with Crippen LogP contribution in [0, 0.1) is 0 Å². The van der Waals surface area contributed by atoms with Crippen LogP contribution in [0.4, 0.5) is 0 Å². The van der Waals surface area contributed by atoms with Crippen LogP contribution in [0.15, 0.2) is 121 Å². The van der Waals surface area contributed by atoms with Crippen LogP contribution in [-0.4, -0.2) is 16.0 Å². The first-order valence-corrected chi connectivity index (χ1v) is 15.7. The fourth-order valence-corrected chi connectivity index (χ4v) is 8.04. The number of fused-ring (bicyclic) bond motifs is 2. The van der Waals surface area contributed by atoms with Gasteiger partial charge in [0.15, 0.2) is 0 Å². The van der Waals surface area contributed by atoms with E-state index in [1.807, 2.05) is 30.1 Å². The highest BCUT2D eigenvalue weighted by molar-refractivity contribution is 9.10. The van der Waals surface area contributed by atoms with Gasteiger partial charge in [-0.1, -0.05) is 106 Å². The molecule has 0 fully saturated rings. The summed E-state index contributed by atoms with van der Waals surface area (Å²) in [5.41, 5.74) is 11.5. The SMILES string of the molecule is NC(CCc1ccccc1Sc1c[nH]c2cccc(Br)c12)Cc1ccccc1Sc1c[nH]c2c(Cl)cccc12. The standard InChI is InChI=1S/C32H27BrClN3S2/c33-24-10-6-12-26-31(24)30(19-36-26)39-27-13-3-1-7-20(27)15-16-22(35)17-21-8-2-4-14-28(21)38-29-18-37-32-23(29)9-5-11-25(32)34/h1-14,18-19,22,36-37H,15-17,35H2. The number of nitrogens with one attached hydrogen (secondary N) is 2. The zero-order valence-corrected chi connectivity index (χ0v) is 25.1. The molecule has 0 aliphatic rings. The lowest BCUT2D eigenvalue weighted by Gasteiger charge is -2.16. The minimum atomic E-state index is 0.0597. The van der Waals surface area contributed by atoms with E-state index in [2.05, 4.69) is 105 Å². The molecule has 0 bridgehead atoms. The highest BCUT2D eigenvalue weighted by atomic mass is 79.9. The molecule has 6 rings (SSSR count). The summed E-state index contributed by atoms with van der Waals surface area (Å²) in [7, 11) is 0. The molecule has 0 radical (unpaired) electrons. The zero-order valence-electron chi connectivity index (χ0n) is 21.1. The second-order valence-corrected chi connectivity index (χ2v) is 13.0. The maximum absolute atomic E-state index is 6.74. The first kappa shape index (κ1) is 26.6. The number of aromatic amines is 2. The molecular formula is C32H27BrClN3S2. The Bertz CT molecular complexity index is 1760. The molecule has 1 atom stereocenters. The summed E-state index contributed by atoms with van der Waals surface area (Å²) < 4.78 is 1.11. The Labute approximate surface area is 250 Å². The van der Waals surface area contributed by atoms with Gasteiger partial charge in [-0.05, 0) is 60.7 Å². The van der Waals surface area contributed by atoms with Gasteiger partial charge in [-0.2, -0.15) is 0 Å². The summed E-state index contributed by atoms with van der Waals surface area (Å²) in [5.74, 6) is 0. The van der Waals surface area contributed by atoms with Gasteiger partial charge < -0.3 is 15.7 Å². The van der Waals surface area contributed by atoms with Gasteiger partial charge in [0.2, 0.25) is 0 Å². The summed E-state index contributed by atoms with van der Waals surface area (Å²) in [6.45, 7) is 0. The molecule has 4 aromatic carbocycles. The molecule has 3 nitrogen and oxygen atoms in total. The first-order valence-electron chi connectivity index (χ1n) is 12.8. The van der Waals surface area contributed by atoms with Crippen LogP contribution in [-0.2, 0) is 12.8 Å². The predicted molar refractivity (Wildman–Crippen MR) is 170 cm³/mol. The van der Waals surface area contributed by atoms with E-state index in [4.69, 9.17) is 17.3 Å². The van der Waals surface area contributed by atoms with E-state index in [1.165, 1.54) is 36.1 Å². The van der Waals surface area contributed by atoms with Crippen LogP contribution in [0.25, 0.3) is 21.8 Å². The normalized spacial score (nSPS) is 12.4. The van der Waals surface area contributed by atoms with Crippen LogP contribution < -0.4 is 5.73 Å². The molecule has 4 N–H and O–H groups in total. The molecule has 2 heterocycles. The number of para-hydroxylation sites is 1. The second kappa shape index (κ2) is 11.9. The molecule has 0 saturated heterocycles. The Morgan fingerprint density at radius 1 is 0.744 bits per heavy atom. The third kappa shape index (κ3) is 5.81. The van der Waals surface area contributed by atoms with E-state index in [1.54, 1.807) is 11.8 Å². The maximum atomic E-state index is 6.74. The van der Waals surface area contributed by atoms with Crippen molar-refractivity contribution in [1.82, 2.24) is 9.97 Å². The third-order valence-electron chi connectivity index (χ3n) is 6.90. The molecule has 1 unspecified atom stereocenters. The van der Waals surface area contributed by atoms with Crippen molar-refractivity contribution < 1.29 is 0 Å². The minimum Gasteiger partial charge on any atom is -0.360 e. The quantitative estimate of drug-likeness (QED) is 0.149. The number of hydrogen-bond donors (Lipinski definition) is 3. The van der Waals surface area contributed by atoms with Crippen molar-refractivity contribution in [2.75, 3.05) is 0 Å². The highest BCUT2D eigenvalue weighted by Crippen LogP contribution is 2.40. The van der Waals surface area contributed by atoms with Crippen molar-refractivity contribution >= 4 is 72.9 Å². The average Bonchev–Trinajstić information content (AvgIpc) is 3.55. The molecule has 0 spiro atoms. The number of hydrogen-bond acceptors (Lipinski definition) is 3. The Hall–Kier alpha value is -2.61. The molecule has 0 amide bonds. The molecule has 0 saturated carbocycles. The van der Waals surface area contributed by atoms with Gasteiger partial charge in [0.25, 0.3) is 0 Å². The van der Waals surface area contributed by atoms with E-state index in [0.717, 1.165) is 45.2 Å². The van der Waals surface area contributed by atoms with Crippen molar-refractivity contribution in [2.45, 2.75) is 44.9 Å². The predicted octanol–water partition coefficient (Wildman–Crippen LogP) is 9.87. The summed E-state index contributed by atoms with van der Waals surface area (Å²) in [5, 5.41) is 3.11. The number of nitrogens with two attached hydrogens (primary N) is 1. The van der Waals surface area contributed by atoms with E-state index >= 15 is 0 Å². The second-order valence-electron chi connectivity index (χ2n) is 9.55. The summed E-state index contributed by atoms with van der Waals surface area (Å²) in [6.07, 6.45) is 6.82. The van der Waals surface area contributed by atoms with Crippen LogP contribution in [0.5, 0.6) is 0 Å². The van der Waals surface area contributed by atoms with Crippen molar-refractivity contribution in [3.8, 4) is 0 Å². The lowest BCUT2D eigenvalue weighted by Crippen LogP contribution is -2.23. The van der Waals surface area contributed by atoms with Crippen molar-refractivity contribution in [3.63, 3.8) is 0 Å². The number of aromatic nitrogens is 2. The van der Waals surface area contributed by atoms with E-state index in [0.29, 0.717) is 0 Å².